The van der Waals surface area contributed by atoms with E-state index in [-0.39, 0.29) is 26.6 Å². The summed E-state index contributed by atoms with van der Waals surface area (Å²) in [5, 5.41) is 3.00. The molecule has 4 rings (SSSR count). The van der Waals surface area contributed by atoms with E-state index in [1.807, 2.05) is 31.2 Å². The van der Waals surface area contributed by atoms with Gasteiger partial charge in [0.2, 0.25) is 15.7 Å². The topological polar surface area (TPSA) is 101 Å². The van der Waals surface area contributed by atoms with Crippen LogP contribution in [0.1, 0.15) is 5.56 Å². The lowest BCUT2D eigenvalue weighted by atomic mass is 10.1. The van der Waals surface area contributed by atoms with Crippen molar-refractivity contribution in [1.29, 1.82) is 0 Å². The maximum atomic E-state index is 13.4. The number of methoxy groups -OCH3 is 1. The van der Waals surface area contributed by atoms with Crippen molar-refractivity contribution in [3.63, 3.8) is 0 Å². The number of anilines is 1. The fourth-order valence-electron chi connectivity index (χ4n) is 3.19. The number of carbonyl (C=O) groups is 1. The van der Waals surface area contributed by atoms with Crippen molar-refractivity contribution in [2.24, 2.45) is 0 Å². The number of nitrogens with one attached hydrogen (secondary N) is 2. The van der Waals surface area contributed by atoms with Gasteiger partial charge >= 0.3 is 0 Å². The number of aromatic amines is 1. The van der Waals surface area contributed by atoms with Crippen LogP contribution in [0.25, 0.3) is 11.4 Å². The van der Waals surface area contributed by atoms with Gasteiger partial charge < -0.3 is 15.0 Å². The summed E-state index contributed by atoms with van der Waals surface area (Å²) < 4.78 is 31.8. The minimum Gasteiger partial charge on any atom is -0.497 e. The summed E-state index contributed by atoms with van der Waals surface area (Å²) in [6, 6.07) is 22.7. The largest absolute Gasteiger partial charge is 0.497 e. The molecule has 0 fully saturated rings. The predicted molar refractivity (Wildman–Crippen MR) is 133 cm³/mol. The Bertz CT molecular complexity index is 1380. The van der Waals surface area contributed by atoms with Gasteiger partial charge in [0.05, 0.1) is 17.8 Å². The van der Waals surface area contributed by atoms with Gasteiger partial charge in [0, 0.05) is 11.3 Å². The van der Waals surface area contributed by atoms with E-state index in [1.54, 1.807) is 49.6 Å². The van der Waals surface area contributed by atoms with Gasteiger partial charge in [0.1, 0.15) is 16.6 Å². The van der Waals surface area contributed by atoms with Crippen LogP contribution in [0.5, 0.6) is 5.75 Å². The van der Waals surface area contributed by atoms with Gasteiger partial charge in [0.25, 0.3) is 0 Å². The summed E-state index contributed by atoms with van der Waals surface area (Å²) in [5.41, 5.74) is 2.45. The van der Waals surface area contributed by atoms with Crippen molar-refractivity contribution >= 4 is 33.2 Å². The highest BCUT2D eigenvalue weighted by Crippen LogP contribution is 2.32. The van der Waals surface area contributed by atoms with Crippen molar-refractivity contribution in [3.05, 3.63) is 84.4 Å². The van der Waals surface area contributed by atoms with Crippen LogP contribution in [-0.2, 0) is 14.6 Å². The van der Waals surface area contributed by atoms with E-state index in [1.165, 1.54) is 12.1 Å². The summed E-state index contributed by atoms with van der Waals surface area (Å²) in [4.78, 5) is 20.2. The third kappa shape index (κ3) is 5.32. The number of aryl methyl sites for hydroxylation is 1. The Kier molecular flexibility index (Phi) is 7.04. The smallest absolute Gasteiger partial charge is 0.234 e. The molecule has 0 bridgehead atoms. The first-order valence-corrected chi connectivity index (χ1v) is 12.9. The molecule has 1 heterocycles. The molecule has 0 atom stereocenters. The zero-order valence-corrected chi connectivity index (χ0v) is 20.2. The number of H-pyrrole nitrogens is 1. The molecular formula is C25H23N3O4S2. The number of nitrogens with zero attached hydrogens (tertiary/aromatic N) is 1. The SMILES string of the molecule is COc1ccc(NC(=O)CSc2nc(-c3ccc(C)cc3)[nH]c2S(=O)(=O)c2ccccc2)cc1. The van der Waals surface area contributed by atoms with Crippen LogP contribution in [-0.4, -0.2) is 37.2 Å². The fraction of sp³-hybridized carbons (Fsp3) is 0.120. The predicted octanol–water partition coefficient (Wildman–Crippen LogP) is 4.96. The molecule has 34 heavy (non-hydrogen) atoms. The minimum atomic E-state index is -3.86. The maximum Gasteiger partial charge on any atom is 0.234 e. The Labute approximate surface area is 202 Å². The van der Waals surface area contributed by atoms with Gasteiger partial charge in [-0.05, 0) is 43.3 Å². The number of thioether (sulfide) groups is 1. The lowest BCUT2D eigenvalue weighted by Gasteiger charge is -2.07. The molecule has 0 radical (unpaired) electrons. The number of imidazole rings is 1. The van der Waals surface area contributed by atoms with Gasteiger partial charge in [-0.3, -0.25) is 4.79 Å². The second-order valence-electron chi connectivity index (χ2n) is 7.47. The Morgan fingerprint density at radius 1 is 1.00 bits per heavy atom. The van der Waals surface area contributed by atoms with Crippen LogP contribution in [0, 0.1) is 6.92 Å². The van der Waals surface area contributed by atoms with E-state index >= 15 is 0 Å². The van der Waals surface area contributed by atoms with Crippen LogP contribution in [0.2, 0.25) is 0 Å². The highest BCUT2D eigenvalue weighted by molar-refractivity contribution is 8.00. The molecule has 3 aromatic carbocycles. The number of hydrogen-bond acceptors (Lipinski definition) is 6. The number of aromatic nitrogens is 2. The Hall–Kier alpha value is -3.56. The average Bonchev–Trinajstić information content (AvgIpc) is 3.29. The summed E-state index contributed by atoms with van der Waals surface area (Å²) in [6.45, 7) is 1.97. The lowest BCUT2D eigenvalue weighted by Crippen LogP contribution is -2.14. The van der Waals surface area contributed by atoms with E-state index < -0.39 is 9.84 Å². The van der Waals surface area contributed by atoms with Gasteiger partial charge in [0.15, 0.2) is 5.03 Å². The molecule has 1 aromatic heterocycles. The van der Waals surface area contributed by atoms with Gasteiger partial charge in [-0.25, -0.2) is 13.4 Å². The van der Waals surface area contributed by atoms with E-state index in [0.717, 1.165) is 22.9 Å². The average molecular weight is 494 g/mol. The summed E-state index contributed by atoms with van der Waals surface area (Å²) >= 11 is 1.06. The molecule has 2 N–H and O–H groups in total. The monoisotopic (exact) mass is 493 g/mol. The number of sulfone groups is 1. The third-order valence-electron chi connectivity index (χ3n) is 5.00. The number of ether oxygens (including phenoxy) is 1. The molecule has 7 nitrogen and oxygen atoms in total. The molecule has 0 saturated heterocycles. The molecule has 9 heteroatoms. The van der Waals surface area contributed by atoms with E-state index in [9.17, 15) is 13.2 Å². The molecule has 0 aliphatic carbocycles. The molecule has 174 valence electrons. The molecule has 0 unspecified atom stereocenters. The molecule has 0 aliphatic heterocycles. The van der Waals surface area contributed by atoms with Crippen LogP contribution >= 0.6 is 11.8 Å². The number of hydrogen-bond donors (Lipinski definition) is 2. The Morgan fingerprint density at radius 3 is 2.32 bits per heavy atom. The first-order chi connectivity index (χ1) is 16.4. The minimum absolute atomic E-state index is 0.0124. The molecule has 0 aliphatic rings. The second-order valence-corrected chi connectivity index (χ2v) is 10.3. The summed E-state index contributed by atoms with van der Waals surface area (Å²) in [6.07, 6.45) is 0. The Balaban J connectivity index is 1.60. The standard InChI is InChI=1S/C25H23N3O4S2/c1-17-8-10-18(11-9-17)23-27-24(25(28-23)34(30,31)21-6-4-3-5-7-21)33-16-22(29)26-19-12-14-20(32-2)15-13-19/h3-15H,16H2,1-2H3,(H,26,29)(H,27,28). The molecular weight excluding hydrogens is 470 g/mol. The molecule has 0 spiro atoms. The first kappa shape index (κ1) is 23.6. The van der Waals surface area contributed by atoms with Crippen molar-refractivity contribution in [1.82, 2.24) is 9.97 Å². The first-order valence-electron chi connectivity index (χ1n) is 10.4. The Morgan fingerprint density at radius 2 is 1.68 bits per heavy atom. The summed E-state index contributed by atoms with van der Waals surface area (Å²) in [7, 11) is -2.29. The van der Waals surface area contributed by atoms with Crippen LogP contribution < -0.4 is 10.1 Å². The zero-order valence-electron chi connectivity index (χ0n) is 18.6. The molecule has 1 amide bonds. The quantitative estimate of drug-likeness (QED) is 0.337. The van der Waals surface area contributed by atoms with E-state index in [4.69, 9.17) is 4.74 Å². The van der Waals surface area contributed by atoms with Crippen molar-refractivity contribution in [3.8, 4) is 17.1 Å². The number of carbonyl (C=O) groups excluding carboxylic acids is 1. The molecule has 0 saturated carbocycles. The van der Waals surface area contributed by atoms with Gasteiger partial charge in [-0.15, -0.1) is 0 Å². The second kappa shape index (κ2) is 10.1. The van der Waals surface area contributed by atoms with Crippen molar-refractivity contribution in [2.45, 2.75) is 21.9 Å². The van der Waals surface area contributed by atoms with Gasteiger partial charge in [-0.1, -0.05) is 59.8 Å². The van der Waals surface area contributed by atoms with E-state index in [2.05, 4.69) is 15.3 Å². The zero-order chi connectivity index (χ0) is 24.1. The molecule has 4 aromatic rings. The lowest BCUT2D eigenvalue weighted by molar-refractivity contribution is -0.113. The van der Waals surface area contributed by atoms with E-state index in [0.29, 0.717) is 17.3 Å². The van der Waals surface area contributed by atoms with Crippen molar-refractivity contribution < 1.29 is 17.9 Å². The van der Waals surface area contributed by atoms with Crippen LogP contribution in [0.4, 0.5) is 5.69 Å². The van der Waals surface area contributed by atoms with Gasteiger partial charge in [-0.2, -0.15) is 0 Å². The highest BCUT2D eigenvalue weighted by Gasteiger charge is 2.26. The number of amides is 1. The maximum absolute atomic E-state index is 13.4. The van der Waals surface area contributed by atoms with Crippen LogP contribution in [0.15, 0.2) is 93.8 Å². The normalized spacial score (nSPS) is 11.2. The highest BCUT2D eigenvalue weighted by atomic mass is 32.2. The fourth-order valence-corrected chi connectivity index (χ4v) is 5.63. The number of rotatable bonds is 8. The van der Waals surface area contributed by atoms with Crippen molar-refractivity contribution in [2.75, 3.05) is 18.2 Å². The van der Waals surface area contributed by atoms with Crippen LogP contribution in [0.3, 0.4) is 0 Å². The number of benzene rings is 3. The summed E-state index contributed by atoms with van der Waals surface area (Å²) in [5.74, 6) is 0.815. The third-order valence-corrected chi connectivity index (χ3v) is 7.83.